The number of unbranched alkanes of at least 4 members (excludes halogenated alkanes) is 1. The first kappa shape index (κ1) is 14.5. The van der Waals surface area contributed by atoms with Gasteiger partial charge in [0.15, 0.2) is 0 Å². The molecule has 1 aliphatic rings. The van der Waals surface area contributed by atoms with E-state index in [1.165, 1.54) is 18.4 Å². The molecular formula is C14H17NaO2. The van der Waals surface area contributed by atoms with Gasteiger partial charge in [0.25, 0.3) is 0 Å². The Balaban J connectivity index is 0.00000144. The second-order valence-electron chi connectivity index (χ2n) is 4.29. The van der Waals surface area contributed by atoms with E-state index >= 15 is 0 Å². The van der Waals surface area contributed by atoms with Gasteiger partial charge >= 0.3 is 35.5 Å². The Morgan fingerprint density at radius 2 is 2.18 bits per heavy atom. The summed E-state index contributed by atoms with van der Waals surface area (Å²) in [6.45, 7) is 2.18. The molecule has 0 spiro atoms. The van der Waals surface area contributed by atoms with E-state index in [-0.39, 0.29) is 29.6 Å². The minimum absolute atomic E-state index is 0. The number of carbonyl (C=O) groups is 1. The summed E-state index contributed by atoms with van der Waals surface area (Å²) < 4.78 is 0. The Bertz CT molecular complexity index is 450. The molecule has 0 amide bonds. The van der Waals surface area contributed by atoms with E-state index in [0.29, 0.717) is 12.0 Å². The summed E-state index contributed by atoms with van der Waals surface area (Å²) in [5, 5.41) is 8.93. The number of hydrogen-bond acceptors (Lipinski definition) is 1. The molecule has 0 aliphatic heterocycles. The van der Waals surface area contributed by atoms with E-state index in [4.69, 9.17) is 5.11 Å². The first-order chi connectivity index (χ1) is 7.70. The van der Waals surface area contributed by atoms with Gasteiger partial charge in [0, 0.05) is 12.0 Å². The van der Waals surface area contributed by atoms with Crippen LogP contribution < -0.4 is 0 Å². The Morgan fingerprint density at radius 1 is 1.41 bits per heavy atom. The van der Waals surface area contributed by atoms with Crippen molar-refractivity contribution in [3.63, 3.8) is 0 Å². The molecule has 86 valence electrons. The zero-order chi connectivity index (χ0) is 11.5. The van der Waals surface area contributed by atoms with E-state index in [9.17, 15) is 4.79 Å². The van der Waals surface area contributed by atoms with Crippen LogP contribution in [0.1, 0.15) is 36.5 Å². The number of hydrogen-bond donors (Lipinski definition) is 1. The Labute approximate surface area is 124 Å². The molecule has 0 saturated heterocycles. The van der Waals surface area contributed by atoms with Crippen molar-refractivity contribution < 1.29 is 9.90 Å². The van der Waals surface area contributed by atoms with Gasteiger partial charge in [-0.2, -0.15) is 0 Å². The van der Waals surface area contributed by atoms with E-state index < -0.39 is 5.97 Å². The Hall–Kier alpha value is -0.570. The molecule has 0 fully saturated rings. The molecular weight excluding hydrogens is 223 g/mol. The third kappa shape index (κ3) is 3.44. The van der Waals surface area contributed by atoms with E-state index in [2.05, 4.69) is 25.1 Å². The zero-order valence-corrected chi connectivity index (χ0v) is 9.49. The Morgan fingerprint density at radius 3 is 2.82 bits per heavy atom. The number of carboxylic acid groups (broad SMARTS) is 1. The van der Waals surface area contributed by atoms with Crippen LogP contribution in [0.25, 0.3) is 6.08 Å². The van der Waals surface area contributed by atoms with Crippen molar-refractivity contribution >= 4 is 41.6 Å². The van der Waals surface area contributed by atoms with Crippen LogP contribution in [0.3, 0.4) is 0 Å². The standard InChI is InChI=1S/C14H16O2.Na.H/c1-2-3-4-10-5-6-11-8-13(14(15)16)9-12(11)7-10;;/h5-7,9H,2-4,8H2,1H3,(H,15,16);;. The molecule has 3 heteroatoms. The van der Waals surface area contributed by atoms with Crippen LogP contribution in [0.2, 0.25) is 0 Å². The summed E-state index contributed by atoms with van der Waals surface area (Å²) >= 11 is 0. The topological polar surface area (TPSA) is 37.3 Å². The minimum atomic E-state index is -0.800. The van der Waals surface area contributed by atoms with Gasteiger partial charge in [-0.1, -0.05) is 31.5 Å². The summed E-state index contributed by atoms with van der Waals surface area (Å²) in [6, 6.07) is 6.31. The first-order valence-corrected chi connectivity index (χ1v) is 5.76. The van der Waals surface area contributed by atoms with Crippen molar-refractivity contribution in [1.29, 1.82) is 0 Å². The second kappa shape index (κ2) is 6.39. The summed E-state index contributed by atoms with van der Waals surface area (Å²) in [6.07, 6.45) is 5.83. The fourth-order valence-corrected chi connectivity index (χ4v) is 2.06. The van der Waals surface area contributed by atoms with Gasteiger partial charge in [0.05, 0.1) is 0 Å². The van der Waals surface area contributed by atoms with Crippen LogP contribution in [-0.4, -0.2) is 40.6 Å². The van der Waals surface area contributed by atoms with Gasteiger partial charge in [-0.05, 0) is 35.6 Å². The monoisotopic (exact) mass is 240 g/mol. The fraction of sp³-hybridized carbons (Fsp3) is 0.357. The van der Waals surface area contributed by atoms with Gasteiger partial charge in [0.1, 0.15) is 0 Å². The quantitative estimate of drug-likeness (QED) is 0.820. The molecule has 1 N–H and O–H groups in total. The molecule has 0 atom stereocenters. The molecule has 2 rings (SSSR count). The molecule has 17 heavy (non-hydrogen) atoms. The molecule has 0 bridgehead atoms. The van der Waals surface area contributed by atoms with Crippen LogP contribution in [-0.2, 0) is 17.6 Å². The number of carboxylic acids is 1. The van der Waals surface area contributed by atoms with Crippen LogP contribution in [0, 0.1) is 0 Å². The SMILES string of the molecule is CCCCc1ccc2c(c1)C=C(C(=O)O)C2.[NaH]. The molecule has 0 aromatic heterocycles. The number of rotatable bonds is 4. The number of aryl methyl sites for hydroxylation is 1. The van der Waals surface area contributed by atoms with Crippen LogP contribution in [0.5, 0.6) is 0 Å². The molecule has 0 radical (unpaired) electrons. The summed E-state index contributed by atoms with van der Waals surface area (Å²) in [5.41, 5.74) is 4.04. The average Bonchev–Trinajstić information content (AvgIpc) is 2.69. The number of benzene rings is 1. The zero-order valence-electron chi connectivity index (χ0n) is 9.49. The van der Waals surface area contributed by atoms with Crippen molar-refractivity contribution in [3.05, 3.63) is 40.5 Å². The summed E-state index contributed by atoms with van der Waals surface area (Å²) in [5.74, 6) is -0.800. The first-order valence-electron chi connectivity index (χ1n) is 5.76. The molecule has 0 saturated carbocycles. The maximum absolute atomic E-state index is 10.9. The van der Waals surface area contributed by atoms with E-state index in [0.717, 1.165) is 17.5 Å². The number of fused-ring (bicyclic) bond motifs is 1. The molecule has 1 aromatic carbocycles. The van der Waals surface area contributed by atoms with Crippen LogP contribution in [0.4, 0.5) is 0 Å². The van der Waals surface area contributed by atoms with Gasteiger partial charge in [-0.15, -0.1) is 0 Å². The van der Waals surface area contributed by atoms with Gasteiger partial charge in [0.2, 0.25) is 0 Å². The maximum atomic E-state index is 10.9. The van der Waals surface area contributed by atoms with Crippen molar-refractivity contribution in [1.82, 2.24) is 0 Å². The average molecular weight is 240 g/mol. The predicted octanol–water partition coefficient (Wildman–Crippen LogP) is 2.40. The van der Waals surface area contributed by atoms with Crippen molar-refractivity contribution in [2.75, 3.05) is 0 Å². The fourth-order valence-electron chi connectivity index (χ4n) is 2.06. The third-order valence-electron chi connectivity index (χ3n) is 3.01. The number of aliphatic carboxylic acids is 1. The normalized spacial score (nSPS) is 12.6. The van der Waals surface area contributed by atoms with Gasteiger partial charge < -0.3 is 5.11 Å². The van der Waals surface area contributed by atoms with E-state index in [1.807, 2.05) is 0 Å². The van der Waals surface area contributed by atoms with Gasteiger partial charge in [-0.3, -0.25) is 0 Å². The van der Waals surface area contributed by atoms with Crippen molar-refractivity contribution in [2.45, 2.75) is 32.6 Å². The van der Waals surface area contributed by atoms with Crippen LogP contribution >= 0.6 is 0 Å². The third-order valence-corrected chi connectivity index (χ3v) is 3.01. The molecule has 1 aromatic rings. The summed E-state index contributed by atoms with van der Waals surface area (Å²) in [4.78, 5) is 10.9. The van der Waals surface area contributed by atoms with E-state index in [1.54, 1.807) is 6.08 Å². The molecule has 0 unspecified atom stereocenters. The Kier molecular flexibility index (Phi) is 5.44. The van der Waals surface area contributed by atoms with Crippen molar-refractivity contribution in [2.24, 2.45) is 0 Å². The van der Waals surface area contributed by atoms with Crippen LogP contribution in [0.15, 0.2) is 23.8 Å². The predicted molar refractivity (Wildman–Crippen MR) is 71.5 cm³/mol. The summed E-state index contributed by atoms with van der Waals surface area (Å²) in [7, 11) is 0. The molecule has 1 aliphatic carbocycles. The molecule has 0 heterocycles. The van der Waals surface area contributed by atoms with Gasteiger partial charge in [-0.25, -0.2) is 4.79 Å². The van der Waals surface area contributed by atoms with Crippen molar-refractivity contribution in [3.8, 4) is 0 Å². The molecule has 2 nitrogen and oxygen atoms in total. The second-order valence-corrected chi connectivity index (χ2v) is 4.29.